The van der Waals surface area contributed by atoms with E-state index in [1.165, 1.54) is 0 Å². The van der Waals surface area contributed by atoms with Gasteiger partial charge in [-0.15, -0.1) is 0 Å². The number of carbonyl (C=O) groups excluding carboxylic acids is 2. The fourth-order valence-corrected chi connectivity index (χ4v) is 2.98. The molecular formula is C22H25N3O2. The molecule has 1 unspecified atom stereocenters. The lowest BCUT2D eigenvalue weighted by Crippen LogP contribution is -2.36. The minimum absolute atomic E-state index is 0.00521. The molecule has 2 aromatic carbocycles. The summed E-state index contributed by atoms with van der Waals surface area (Å²) in [6.45, 7) is 4.81. The predicted octanol–water partition coefficient (Wildman–Crippen LogP) is 3.22. The lowest BCUT2D eigenvalue weighted by molar-refractivity contribution is -0.133. The Balaban J connectivity index is 1.85. The van der Waals surface area contributed by atoms with Gasteiger partial charge in [0.1, 0.15) is 0 Å². The summed E-state index contributed by atoms with van der Waals surface area (Å²) in [5, 5.41) is 11.7. The molecule has 0 heterocycles. The van der Waals surface area contributed by atoms with E-state index in [1.807, 2.05) is 56.3 Å². The largest absolute Gasteiger partial charge is 0.355 e. The number of amides is 2. The van der Waals surface area contributed by atoms with Crippen molar-refractivity contribution in [3.63, 3.8) is 0 Å². The summed E-state index contributed by atoms with van der Waals surface area (Å²) in [4.78, 5) is 26.3. The highest BCUT2D eigenvalue weighted by Crippen LogP contribution is 2.21. The third kappa shape index (κ3) is 5.96. The van der Waals surface area contributed by atoms with Crippen LogP contribution in [0.5, 0.6) is 0 Å². The molecule has 1 atom stereocenters. The Morgan fingerprint density at radius 1 is 1.11 bits per heavy atom. The van der Waals surface area contributed by atoms with Crippen LogP contribution in [0.1, 0.15) is 43.0 Å². The highest BCUT2D eigenvalue weighted by molar-refractivity contribution is 5.80. The molecule has 0 bridgehead atoms. The minimum Gasteiger partial charge on any atom is -0.355 e. The van der Waals surface area contributed by atoms with Crippen molar-refractivity contribution in [2.24, 2.45) is 0 Å². The quantitative estimate of drug-likeness (QED) is 0.783. The van der Waals surface area contributed by atoms with E-state index in [4.69, 9.17) is 5.26 Å². The van der Waals surface area contributed by atoms with E-state index >= 15 is 0 Å². The molecule has 0 spiro atoms. The maximum Gasteiger partial charge on any atom is 0.224 e. The van der Waals surface area contributed by atoms with E-state index in [0.717, 1.165) is 11.1 Å². The zero-order chi connectivity index (χ0) is 19.6. The molecule has 2 amide bonds. The van der Waals surface area contributed by atoms with Crippen LogP contribution < -0.4 is 5.32 Å². The molecule has 0 fully saturated rings. The van der Waals surface area contributed by atoms with Crippen LogP contribution in [0.2, 0.25) is 0 Å². The summed E-state index contributed by atoms with van der Waals surface area (Å²) in [5.41, 5.74) is 2.53. The van der Waals surface area contributed by atoms with Crippen molar-refractivity contribution in [3.05, 3.63) is 71.3 Å². The number of carbonyl (C=O) groups is 2. The summed E-state index contributed by atoms with van der Waals surface area (Å²) in [6, 6.07) is 18.8. The zero-order valence-corrected chi connectivity index (χ0v) is 15.8. The molecule has 0 saturated heterocycles. The van der Waals surface area contributed by atoms with Crippen LogP contribution in [-0.4, -0.2) is 29.8 Å². The summed E-state index contributed by atoms with van der Waals surface area (Å²) < 4.78 is 0. The molecule has 140 valence electrons. The van der Waals surface area contributed by atoms with Crippen LogP contribution >= 0.6 is 0 Å². The molecule has 0 radical (unpaired) electrons. The molecule has 27 heavy (non-hydrogen) atoms. The van der Waals surface area contributed by atoms with Gasteiger partial charge >= 0.3 is 0 Å². The lowest BCUT2D eigenvalue weighted by atomic mass is 10.0. The summed E-state index contributed by atoms with van der Waals surface area (Å²) in [5.74, 6) is -0.0911. The van der Waals surface area contributed by atoms with E-state index in [-0.39, 0.29) is 24.3 Å². The summed E-state index contributed by atoms with van der Waals surface area (Å²) >= 11 is 0. The van der Waals surface area contributed by atoms with E-state index in [2.05, 4.69) is 11.4 Å². The molecule has 5 nitrogen and oxygen atoms in total. The first kappa shape index (κ1) is 20.2. The van der Waals surface area contributed by atoms with Gasteiger partial charge in [-0.2, -0.15) is 5.26 Å². The third-order valence-corrected chi connectivity index (χ3v) is 4.52. The first-order valence-electron chi connectivity index (χ1n) is 9.15. The second-order valence-electron chi connectivity index (χ2n) is 6.35. The molecule has 1 N–H and O–H groups in total. The van der Waals surface area contributed by atoms with Crippen LogP contribution in [0.3, 0.4) is 0 Å². The number of hydrogen-bond acceptors (Lipinski definition) is 3. The van der Waals surface area contributed by atoms with Crippen molar-refractivity contribution in [3.8, 4) is 6.07 Å². The van der Waals surface area contributed by atoms with Gasteiger partial charge in [0, 0.05) is 19.5 Å². The SMILES string of the molecule is CCN(C(=O)CCNC(=O)Cc1ccccc1)C(C)c1ccc(C#N)cc1. The van der Waals surface area contributed by atoms with Gasteiger partial charge in [0.2, 0.25) is 11.8 Å². The van der Waals surface area contributed by atoms with Crippen molar-refractivity contribution in [2.45, 2.75) is 32.7 Å². The molecule has 0 aliphatic carbocycles. The molecule has 0 aromatic heterocycles. The Morgan fingerprint density at radius 2 is 1.78 bits per heavy atom. The molecule has 0 saturated carbocycles. The smallest absolute Gasteiger partial charge is 0.224 e. The molecule has 2 aromatic rings. The Kier molecular flexibility index (Phi) is 7.57. The number of nitrogens with one attached hydrogen (secondary N) is 1. The van der Waals surface area contributed by atoms with Crippen LogP contribution in [0, 0.1) is 11.3 Å². The Bertz CT molecular complexity index is 795. The van der Waals surface area contributed by atoms with Crippen LogP contribution in [0.4, 0.5) is 0 Å². The second-order valence-corrected chi connectivity index (χ2v) is 6.35. The van der Waals surface area contributed by atoms with Crippen molar-refractivity contribution in [1.29, 1.82) is 5.26 Å². The predicted molar refractivity (Wildman–Crippen MR) is 105 cm³/mol. The number of rotatable bonds is 8. The van der Waals surface area contributed by atoms with Gasteiger partial charge < -0.3 is 10.2 Å². The monoisotopic (exact) mass is 363 g/mol. The number of hydrogen-bond donors (Lipinski definition) is 1. The van der Waals surface area contributed by atoms with Crippen LogP contribution in [-0.2, 0) is 16.0 Å². The first-order chi connectivity index (χ1) is 13.0. The third-order valence-electron chi connectivity index (χ3n) is 4.52. The van der Waals surface area contributed by atoms with Gasteiger partial charge in [0.25, 0.3) is 0 Å². The van der Waals surface area contributed by atoms with Gasteiger partial charge in [-0.05, 0) is 37.1 Å². The Morgan fingerprint density at radius 3 is 2.37 bits per heavy atom. The van der Waals surface area contributed by atoms with Gasteiger partial charge in [-0.1, -0.05) is 42.5 Å². The summed E-state index contributed by atoms with van der Waals surface area (Å²) in [7, 11) is 0. The molecular weight excluding hydrogens is 338 g/mol. The molecule has 0 aliphatic heterocycles. The lowest BCUT2D eigenvalue weighted by Gasteiger charge is -2.28. The topological polar surface area (TPSA) is 73.2 Å². The highest BCUT2D eigenvalue weighted by atomic mass is 16.2. The second kappa shape index (κ2) is 10.1. The number of nitriles is 1. The molecule has 2 rings (SSSR count). The fourth-order valence-electron chi connectivity index (χ4n) is 2.98. The Hall–Kier alpha value is -3.13. The average molecular weight is 363 g/mol. The first-order valence-corrected chi connectivity index (χ1v) is 9.15. The van der Waals surface area contributed by atoms with Gasteiger partial charge in [-0.25, -0.2) is 0 Å². The van der Waals surface area contributed by atoms with E-state index in [0.29, 0.717) is 25.1 Å². The van der Waals surface area contributed by atoms with Gasteiger partial charge in [0.05, 0.1) is 24.1 Å². The number of benzene rings is 2. The molecule has 5 heteroatoms. The van der Waals surface area contributed by atoms with E-state index < -0.39 is 0 Å². The maximum absolute atomic E-state index is 12.6. The van der Waals surface area contributed by atoms with Crippen molar-refractivity contribution in [1.82, 2.24) is 10.2 Å². The fraction of sp³-hybridized carbons (Fsp3) is 0.318. The highest BCUT2D eigenvalue weighted by Gasteiger charge is 2.19. The maximum atomic E-state index is 12.6. The summed E-state index contributed by atoms with van der Waals surface area (Å²) in [6.07, 6.45) is 0.573. The van der Waals surface area contributed by atoms with E-state index in [9.17, 15) is 9.59 Å². The minimum atomic E-state index is -0.0877. The van der Waals surface area contributed by atoms with Crippen molar-refractivity contribution >= 4 is 11.8 Å². The Labute approximate surface area is 160 Å². The van der Waals surface area contributed by atoms with E-state index in [1.54, 1.807) is 17.0 Å². The van der Waals surface area contributed by atoms with Gasteiger partial charge in [-0.3, -0.25) is 9.59 Å². The van der Waals surface area contributed by atoms with Crippen LogP contribution in [0.25, 0.3) is 0 Å². The average Bonchev–Trinajstić information content (AvgIpc) is 2.69. The standard InChI is InChI=1S/C22H25N3O2/c1-3-25(17(2)20-11-9-19(16-23)10-12-20)22(27)13-14-24-21(26)15-18-7-5-4-6-8-18/h4-12,17H,3,13-15H2,1-2H3,(H,24,26). The van der Waals surface area contributed by atoms with Crippen molar-refractivity contribution < 1.29 is 9.59 Å². The van der Waals surface area contributed by atoms with Crippen molar-refractivity contribution in [2.75, 3.05) is 13.1 Å². The zero-order valence-electron chi connectivity index (χ0n) is 15.8. The molecule has 0 aliphatic rings. The normalized spacial score (nSPS) is 11.3. The van der Waals surface area contributed by atoms with Gasteiger partial charge in [0.15, 0.2) is 0 Å². The van der Waals surface area contributed by atoms with Crippen LogP contribution in [0.15, 0.2) is 54.6 Å². The number of nitrogens with zero attached hydrogens (tertiary/aromatic N) is 2.